The number of fused-ring (bicyclic) bond motifs is 8. The van der Waals surface area contributed by atoms with Crippen LogP contribution in [-0.2, 0) is 10.8 Å². The molecule has 4 aliphatic rings. The third kappa shape index (κ3) is 13.6. The van der Waals surface area contributed by atoms with Crippen LogP contribution in [0.5, 0.6) is 0 Å². The number of aryl methyl sites for hydroxylation is 2. The minimum Gasteiger partial charge on any atom is -0.311 e. The van der Waals surface area contributed by atoms with Crippen LogP contribution >= 0.6 is 0 Å². The number of hydrogen-bond acceptors (Lipinski definition) is 6. The van der Waals surface area contributed by atoms with E-state index >= 15 is 0 Å². The summed E-state index contributed by atoms with van der Waals surface area (Å²) in [4.78, 5) is 15.0. The summed E-state index contributed by atoms with van der Waals surface area (Å²) in [6, 6.07) is 159. The first-order valence-electron chi connectivity index (χ1n) is 44.2. The number of hydrogen-bond donors (Lipinski definition) is 0. The molecular formula is C118H94B2N6. The standard InChI is InChI=1S/C118H94B2N6/c1-79-38-56-98(57-39-79)123-107-72-40-80(2)74-105(107)119-104-71-69-102(122(95-60-47-86(48-61-95)82-26-15-10-16-27-82)96-62-49-87(50-63-96)83-28-17-11-18-29-83)78-114(104)126(112-37-23-35-110(123)116(112)119)100-33-21-30-90(75-100)89-43-41-84(42-44-89)88-51-64-97(65-52-88)121(94-58-45-85(46-59-94)81-24-13-9-14-25-81)101-68-70-103-113(77-101)125(93-31-19-12-20-32-93)111-36-22-34-109-115(111)120(103)106-76-92(118(6,7)8)55-73-108(106)124(109)99-66-53-91(54-67-99)117(3,4)5/h9-78H,1-8H3. The van der Waals surface area contributed by atoms with E-state index in [1.165, 1.54) is 117 Å². The monoisotopic (exact) mass is 1620 g/mol. The summed E-state index contributed by atoms with van der Waals surface area (Å²) >= 11 is 0. The van der Waals surface area contributed by atoms with E-state index < -0.39 is 0 Å². The molecule has 6 nitrogen and oxygen atoms in total. The highest BCUT2D eigenvalue weighted by Gasteiger charge is 2.46. The molecule has 0 saturated heterocycles. The molecule has 0 spiro atoms. The molecule has 4 heterocycles. The molecule has 0 unspecified atom stereocenters. The van der Waals surface area contributed by atoms with Gasteiger partial charge in [-0.3, -0.25) is 0 Å². The van der Waals surface area contributed by atoms with Gasteiger partial charge < -0.3 is 29.4 Å². The van der Waals surface area contributed by atoms with E-state index in [1.807, 2.05) is 0 Å². The maximum atomic E-state index is 2.55. The zero-order chi connectivity index (χ0) is 85.1. The summed E-state index contributed by atoms with van der Waals surface area (Å²) in [6.45, 7) is 18.2. The smallest absolute Gasteiger partial charge is 0.252 e. The average Bonchev–Trinajstić information content (AvgIpc) is 0.700. The number of benzene rings is 18. The van der Waals surface area contributed by atoms with Crippen LogP contribution in [0, 0.1) is 13.8 Å². The minimum absolute atomic E-state index is 0.0190. The molecular weight excluding hydrogens is 1520 g/mol. The molecule has 18 aromatic rings. The Morgan fingerprint density at radius 3 is 0.897 bits per heavy atom. The van der Waals surface area contributed by atoms with E-state index in [0.717, 1.165) is 96.2 Å². The number of anilines is 18. The largest absolute Gasteiger partial charge is 0.311 e. The van der Waals surface area contributed by atoms with Crippen molar-refractivity contribution >= 4 is 149 Å². The molecule has 0 bridgehead atoms. The SMILES string of the molecule is Cc1ccc(N2c3ccc(C)cc3B3c4ccc(N(c5ccc(-c6ccccc6)cc5)c5ccc(-c6ccccc6)cc5)cc4N(c4cccc(-c5ccc(-c6ccc(N(c7ccc(-c8ccccc8)cc7)c7ccc8c(c7)N(c7ccccc7)c7cccc9c7B8c7cc(C(C)(C)C)ccc7N9c7ccc(C(C)(C)C)cc7)cc6)cc5)c4)c4cccc2c43)cc1. The molecule has 126 heavy (non-hydrogen) atoms. The number of para-hydroxylation sites is 1. The van der Waals surface area contributed by atoms with E-state index in [0.29, 0.717) is 0 Å². The van der Waals surface area contributed by atoms with Gasteiger partial charge in [-0.2, -0.15) is 0 Å². The van der Waals surface area contributed by atoms with Crippen LogP contribution in [-0.4, -0.2) is 13.4 Å². The van der Waals surface area contributed by atoms with Gasteiger partial charge >= 0.3 is 0 Å². The van der Waals surface area contributed by atoms with Gasteiger partial charge in [0.25, 0.3) is 13.4 Å². The van der Waals surface area contributed by atoms with Crippen molar-refractivity contribution in [3.05, 3.63) is 447 Å². The topological polar surface area (TPSA) is 19.4 Å². The molecule has 18 aromatic carbocycles. The van der Waals surface area contributed by atoms with Crippen LogP contribution in [0.15, 0.2) is 425 Å². The Labute approximate surface area is 741 Å². The predicted molar refractivity (Wildman–Crippen MR) is 538 cm³/mol. The Kier molecular flexibility index (Phi) is 19.0. The summed E-state index contributed by atoms with van der Waals surface area (Å²) in [5, 5.41) is 0. The number of rotatable bonds is 15. The van der Waals surface area contributed by atoms with Gasteiger partial charge in [0.15, 0.2) is 0 Å². The fraction of sp³-hybridized carbons (Fsp3) is 0.0847. The fourth-order valence-corrected chi connectivity index (χ4v) is 19.9. The van der Waals surface area contributed by atoms with Gasteiger partial charge in [0.1, 0.15) is 0 Å². The highest BCUT2D eigenvalue weighted by Crippen LogP contribution is 2.51. The molecule has 0 amide bonds. The lowest BCUT2D eigenvalue weighted by atomic mass is 9.33. The van der Waals surface area contributed by atoms with Crippen molar-refractivity contribution in [2.75, 3.05) is 29.4 Å². The molecule has 22 rings (SSSR count). The summed E-state index contributed by atoms with van der Waals surface area (Å²) in [7, 11) is 0. The van der Waals surface area contributed by atoms with Crippen molar-refractivity contribution in [1.82, 2.24) is 0 Å². The van der Waals surface area contributed by atoms with E-state index in [2.05, 4.69) is 509 Å². The lowest BCUT2D eigenvalue weighted by Gasteiger charge is -2.44. The van der Waals surface area contributed by atoms with Crippen LogP contribution < -0.4 is 62.2 Å². The van der Waals surface area contributed by atoms with Crippen molar-refractivity contribution < 1.29 is 0 Å². The fourth-order valence-electron chi connectivity index (χ4n) is 19.9. The first kappa shape index (κ1) is 77.0. The molecule has 0 saturated carbocycles. The molecule has 0 fully saturated rings. The Hall–Kier alpha value is -15.1. The Morgan fingerprint density at radius 1 is 0.190 bits per heavy atom. The first-order valence-corrected chi connectivity index (χ1v) is 44.2. The van der Waals surface area contributed by atoms with Crippen LogP contribution in [0.3, 0.4) is 0 Å². The van der Waals surface area contributed by atoms with Gasteiger partial charge in [-0.25, -0.2) is 0 Å². The first-order chi connectivity index (χ1) is 61.6. The quantitative estimate of drug-likeness (QED) is 0.0946. The molecule has 0 radical (unpaired) electrons. The Morgan fingerprint density at radius 2 is 0.484 bits per heavy atom. The van der Waals surface area contributed by atoms with E-state index in [4.69, 9.17) is 0 Å². The van der Waals surface area contributed by atoms with E-state index in [1.54, 1.807) is 0 Å². The maximum absolute atomic E-state index is 2.55. The maximum Gasteiger partial charge on any atom is 0.252 e. The van der Waals surface area contributed by atoms with Crippen LogP contribution in [0.2, 0.25) is 0 Å². The second-order valence-corrected chi connectivity index (χ2v) is 36.3. The normalized spacial score (nSPS) is 12.8. The summed E-state index contributed by atoms with van der Waals surface area (Å²) < 4.78 is 0. The van der Waals surface area contributed by atoms with Gasteiger partial charge in [0.05, 0.1) is 0 Å². The van der Waals surface area contributed by atoms with E-state index in [-0.39, 0.29) is 24.3 Å². The van der Waals surface area contributed by atoms with Crippen LogP contribution in [0.25, 0.3) is 55.6 Å². The lowest BCUT2D eigenvalue weighted by Crippen LogP contribution is -2.61. The molecule has 0 atom stereocenters. The van der Waals surface area contributed by atoms with Crippen molar-refractivity contribution in [3.8, 4) is 55.6 Å². The minimum atomic E-state index is -0.0816. The third-order valence-electron chi connectivity index (χ3n) is 26.3. The molecule has 0 aromatic heterocycles. The van der Waals surface area contributed by atoms with Crippen molar-refractivity contribution in [2.45, 2.75) is 66.2 Å². The molecule has 4 aliphatic heterocycles. The zero-order valence-corrected chi connectivity index (χ0v) is 72.3. The highest BCUT2D eigenvalue weighted by atomic mass is 15.2. The zero-order valence-electron chi connectivity index (χ0n) is 72.3. The Bertz CT molecular complexity index is 7070. The van der Waals surface area contributed by atoms with Crippen molar-refractivity contribution in [1.29, 1.82) is 0 Å². The Balaban J connectivity index is 0.642. The van der Waals surface area contributed by atoms with Crippen LogP contribution in [0.1, 0.15) is 63.8 Å². The van der Waals surface area contributed by atoms with Gasteiger partial charge in [0.2, 0.25) is 0 Å². The molecule has 602 valence electrons. The summed E-state index contributed by atoms with van der Waals surface area (Å²) in [5.74, 6) is 0. The molecule has 0 aliphatic carbocycles. The molecule has 0 N–H and O–H groups in total. The van der Waals surface area contributed by atoms with Crippen molar-refractivity contribution in [2.24, 2.45) is 0 Å². The van der Waals surface area contributed by atoms with Gasteiger partial charge in [-0.1, -0.05) is 320 Å². The highest BCUT2D eigenvalue weighted by molar-refractivity contribution is 7.01. The van der Waals surface area contributed by atoms with Gasteiger partial charge in [0, 0.05) is 102 Å². The average molecular weight is 1620 g/mol. The number of nitrogens with zero attached hydrogens (tertiary/aromatic N) is 6. The van der Waals surface area contributed by atoms with Crippen LogP contribution in [0.4, 0.5) is 102 Å². The second-order valence-electron chi connectivity index (χ2n) is 36.3. The molecule has 8 heteroatoms. The van der Waals surface area contributed by atoms with Gasteiger partial charge in [-0.05, 0) is 282 Å². The van der Waals surface area contributed by atoms with Gasteiger partial charge in [-0.15, -0.1) is 0 Å². The van der Waals surface area contributed by atoms with Crippen molar-refractivity contribution in [3.63, 3.8) is 0 Å². The van der Waals surface area contributed by atoms with E-state index in [9.17, 15) is 0 Å². The lowest BCUT2D eigenvalue weighted by molar-refractivity contribution is 0.590. The summed E-state index contributed by atoms with van der Waals surface area (Å²) in [5.41, 5.74) is 44.5. The summed E-state index contributed by atoms with van der Waals surface area (Å²) in [6.07, 6.45) is 0. The third-order valence-corrected chi connectivity index (χ3v) is 26.3. The second kappa shape index (κ2) is 31.0. The predicted octanol–water partition coefficient (Wildman–Crippen LogP) is 28.3.